The predicted molar refractivity (Wildman–Crippen MR) is 122 cm³/mol. The Hall–Kier alpha value is -2.17. The Morgan fingerprint density at radius 3 is 2.61 bits per heavy atom. The second-order valence-corrected chi connectivity index (χ2v) is 7.26. The molecule has 1 aromatic carbocycles. The van der Waals surface area contributed by atoms with Crippen LogP contribution in [0.2, 0.25) is 0 Å². The quantitative estimate of drug-likeness (QED) is 0.308. The Balaban J connectivity index is 0.00000392. The number of aromatic nitrogens is 3. The number of benzene rings is 1. The molecule has 0 fully saturated rings. The van der Waals surface area contributed by atoms with Crippen molar-refractivity contribution in [1.29, 1.82) is 0 Å². The molecule has 0 unspecified atom stereocenters. The van der Waals surface area contributed by atoms with E-state index in [4.69, 9.17) is 0 Å². The van der Waals surface area contributed by atoms with Gasteiger partial charge < -0.3 is 16.0 Å². The first-order valence-electron chi connectivity index (χ1n) is 9.09. The second kappa shape index (κ2) is 11.6. The summed E-state index contributed by atoms with van der Waals surface area (Å²) in [6.45, 7) is 9.94. The monoisotopic (exact) mass is 499 g/mol. The molecule has 2 aromatic rings. The van der Waals surface area contributed by atoms with Crippen LogP contribution in [-0.4, -0.2) is 45.3 Å². The fourth-order valence-corrected chi connectivity index (χ4v) is 2.47. The number of amides is 1. The van der Waals surface area contributed by atoms with Gasteiger partial charge in [0, 0.05) is 12.1 Å². The number of hydrogen-bond donors (Lipinski definition) is 3. The maximum atomic E-state index is 12.0. The van der Waals surface area contributed by atoms with E-state index >= 15 is 0 Å². The fraction of sp³-hybridized carbons (Fsp3) is 0.474. The Morgan fingerprint density at radius 2 is 1.96 bits per heavy atom. The van der Waals surface area contributed by atoms with Crippen molar-refractivity contribution in [2.24, 2.45) is 4.99 Å². The number of aliphatic imine (C=N–C) groups is 1. The topological polar surface area (TPSA) is 96.2 Å². The van der Waals surface area contributed by atoms with Gasteiger partial charge in [-0.15, -0.1) is 24.0 Å². The molecule has 0 saturated heterocycles. The average molecular weight is 499 g/mol. The maximum absolute atomic E-state index is 12.0. The van der Waals surface area contributed by atoms with Crippen molar-refractivity contribution in [2.75, 3.05) is 13.1 Å². The summed E-state index contributed by atoms with van der Waals surface area (Å²) in [5.74, 6) is 0.547. The molecule has 0 spiro atoms. The Labute approximate surface area is 183 Å². The summed E-state index contributed by atoms with van der Waals surface area (Å²) in [5, 5.41) is 13.3. The predicted octanol–water partition coefficient (Wildman–Crippen LogP) is 1.91. The lowest BCUT2D eigenvalue weighted by Gasteiger charge is -2.21. The van der Waals surface area contributed by atoms with E-state index in [0.717, 1.165) is 17.7 Å². The molecular formula is C19H30IN7O. The van der Waals surface area contributed by atoms with Crippen LogP contribution in [0.1, 0.15) is 38.8 Å². The zero-order valence-corrected chi connectivity index (χ0v) is 19.2. The van der Waals surface area contributed by atoms with Crippen molar-refractivity contribution in [2.45, 2.75) is 46.3 Å². The molecule has 2 rings (SSSR count). The number of nitrogens with one attached hydrogen (secondary N) is 3. The highest BCUT2D eigenvalue weighted by atomic mass is 127. The molecule has 9 heteroatoms. The lowest BCUT2D eigenvalue weighted by Crippen LogP contribution is -2.48. The average Bonchev–Trinajstić information content (AvgIpc) is 3.09. The largest absolute Gasteiger partial charge is 0.357 e. The standard InChI is InChI=1S/C19H29N7O.HI/c1-5-21-18(23-11-17(27)25-19(2,3)4)22-10-15-7-6-8-16(9-15)12-26-14-20-13-24-26;/h6-9,13-14H,5,10-12H2,1-4H3,(H,25,27)(H2,21,22,23);1H. The van der Waals surface area contributed by atoms with Crippen LogP contribution >= 0.6 is 24.0 Å². The van der Waals surface area contributed by atoms with Crippen molar-refractivity contribution in [3.05, 3.63) is 48.0 Å². The van der Waals surface area contributed by atoms with Crippen LogP contribution in [0.3, 0.4) is 0 Å². The van der Waals surface area contributed by atoms with Crippen molar-refractivity contribution >= 4 is 35.8 Å². The van der Waals surface area contributed by atoms with E-state index < -0.39 is 0 Å². The second-order valence-electron chi connectivity index (χ2n) is 7.26. The van der Waals surface area contributed by atoms with E-state index in [1.54, 1.807) is 11.0 Å². The van der Waals surface area contributed by atoms with Gasteiger partial charge >= 0.3 is 0 Å². The minimum absolute atomic E-state index is 0. The Bertz CT molecular complexity index is 754. The van der Waals surface area contributed by atoms with Gasteiger partial charge in [-0.25, -0.2) is 14.7 Å². The van der Waals surface area contributed by atoms with Crippen molar-refractivity contribution in [1.82, 2.24) is 30.7 Å². The van der Waals surface area contributed by atoms with Crippen molar-refractivity contribution in [3.63, 3.8) is 0 Å². The lowest BCUT2D eigenvalue weighted by atomic mass is 10.1. The van der Waals surface area contributed by atoms with E-state index in [2.05, 4.69) is 43.2 Å². The van der Waals surface area contributed by atoms with Gasteiger partial charge in [0.1, 0.15) is 12.7 Å². The molecule has 1 amide bonds. The SMILES string of the molecule is CCNC(=NCc1cccc(Cn2cncn2)c1)NCC(=O)NC(C)(C)C.I. The van der Waals surface area contributed by atoms with Crippen LogP contribution in [0.4, 0.5) is 0 Å². The normalized spacial score (nSPS) is 11.5. The van der Waals surface area contributed by atoms with E-state index in [9.17, 15) is 4.79 Å². The summed E-state index contributed by atoms with van der Waals surface area (Å²) in [6, 6.07) is 8.19. The molecule has 0 atom stereocenters. The van der Waals surface area contributed by atoms with E-state index in [0.29, 0.717) is 19.0 Å². The molecule has 3 N–H and O–H groups in total. The molecule has 154 valence electrons. The van der Waals surface area contributed by atoms with Crippen molar-refractivity contribution < 1.29 is 4.79 Å². The molecule has 0 radical (unpaired) electrons. The minimum Gasteiger partial charge on any atom is -0.357 e. The number of carbonyl (C=O) groups is 1. The third-order valence-electron chi connectivity index (χ3n) is 3.50. The third kappa shape index (κ3) is 9.16. The van der Waals surface area contributed by atoms with Gasteiger partial charge in [0.25, 0.3) is 0 Å². The van der Waals surface area contributed by atoms with Crippen LogP contribution in [0.25, 0.3) is 0 Å². The van der Waals surface area contributed by atoms with Gasteiger partial charge in [-0.3, -0.25) is 4.79 Å². The molecular weight excluding hydrogens is 469 g/mol. The molecule has 0 aliphatic carbocycles. The van der Waals surface area contributed by atoms with Crippen LogP contribution < -0.4 is 16.0 Å². The summed E-state index contributed by atoms with van der Waals surface area (Å²) in [4.78, 5) is 20.5. The van der Waals surface area contributed by atoms with Gasteiger partial charge in [0.05, 0.1) is 19.6 Å². The van der Waals surface area contributed by atoms with Gasteiger partial charge in [-0.2, -0.15) is 5.10 Å². The summed E-state index contributed by atoms with van der Waals surface area (Å²) in [6.07, 6.45) is 3.22. The third-order valence-corrected chi connectivity index (χ3v) is 3.50. The highest BCUT2D eigenvalue weighted by molar-refractivity contribution is 14.0. The van der Waals surface area contributed by atoms with E-state index in [1.165, 1.54) is 6.33 Å². The number of nitrogens with zero attached hydrogens (tertiary/aromatic N) is 4. The number of halogens is 1. The fourth-order valence-electron chi connectivity index (χ4n) is 2.47. The highest BCUT2D eigenvalue weighted by Gasteiger charge is 2.13. The van der Waals surface area contributed by atoms with Crippen LogP contribution in [0.5, 0.6) is 0 Å². The summed E-state index contributed by atoms with van der Waals surface area (Å²) in [7, 11) is 0. The maximum Gasteiger partial charge on any atom is 0.239 e. The lowest BCUT2D eigenvalue weighted by molar-refractivity contribution is -0.121. The van der Waals surface area contributed by atoms with E-state index in [-0.39, 0.29) is 42.0 Å². The van der Waals surface area contributed by atoms with Gasteiger partial charge in [-0.05, 0) is 38.8 Å². The van der Waals surface area contributed by atoms with Crippen LogP contribution in [-0.2, 0) is 17.9 Å². The van der Waals surface area contributed by atoms with E-state index in [1.807, 2.05) is 39.8 Å². The number of hydrogen-bond acceptors (Lipinski definition) is 4. The molecule has 0 aliphatic heterocycles. The molecule has 0 aliphatic rings. The minimum atomic E-state index is -0.251. The first-order chi connectivity index (χ1) is 12.9. The zero-order valence-electron chi connectivity index (χ0n) is 16.9. The smallest absolute Gasteiger partial charge is 0.239 e. The molecule has 8 nitrogen and oxygen atoms in total. The highest BCUT2D eigenvalue weighted by Crippen LogP contribution is 2.08. The van der Waals surface area contributed by atoms with Crippen molar-refractivity contribution in [3.8, 4) is 0 Å². The molecule has 1 heterocycles. The summed E-state index contributed by atoms with van der Waals surface area (Å²) < 4.78 is 1.78. The first kappa shape index (κ1) is 23.9. The van der Waals surface area contributed by atoms with Gasteiger partial charge in [-0.1, -0.05) is 24.3 Å². The number of carbonyl (C=O) groups excluding carboxylic acids is 1. The van der Waals surface area contributed by atoms with Crippen LogP contribution in [0, 0.1) is 0 Å². The number of guanidine groups is 1. The molecule has 28 heavy (non-hydrogen) atoms. The first-order valence-corrected chi connectivity index (χ1v) is 9.09. The zero-order chi connectivity index (χ0) is 19.7. The summed E-state index contributed by atoms with van der Waals surface area (Å²) in [5.41, 5.74) is 1.97. The Morgan fingerprint density at radius 1 is 1.21 bits per heavy atom. The van der Waals surface area contributed by atoms with Gasteiger partial charge in [0.2, 0.25) is 5.91 Å². The Kier molecular flexibility index (Phi) is 9.91. The molecule has 1 aromatic heterocycles. The molecule has 0 saturated carbocycles. The summed E-state index contributed by atoms with van der Waals surface area (Å²) >= 11 is 0. The van der Waals surface area contributed by atoms with Crippen LogP contribution in [0.15, 0.2) is 41.9 Å². The molecule has 0 bridgehead atoms. The number of rotatable bonds is 7. The van der Waals surface area contributed by atoms with Gasteiger partial charge in [0.15, 0.2) is 5.96 Å².